The molecular weight excluding hydrogens is 1820 g/mol. The molecule has 0 saturated carbocycles. The number of hydrogen-bond donors (Lipinski definition) is 6. The highest BCUT2D eigenvalue weighted by molar-refractivity contribution is 7.94. The summed E-state index contributed by atoms with van der Waals surface area (Å²) in [5.41, 5.74) is 8.24. The van der Waals surface area contributed by atoms with Crippen molar-refractivity contribution in [3.8, 4) is 5.75 Å². The number of benzene rings is 12. The molecule has 131 heavy (non-hydrogen) atoms. The molecule has 12 aromatic carbocycles. The Balaban J connectivity index is 0.000000134. The SMILES string of the molecule is CC(C)c1ccc2cccnc2c1NS(=O)(=O)c1ccccc1.CCc1ccc2cccnc2c1NS(=O)(=O)c1ccccc1.COc1ccc2cccnc2c1NS(=O)(=O)c1ccccc1.Cc1cc(NS(=O)(=O)c2ccccc2)c2ncccc2c1Cl.O=S(=O)(Nc1c(Cl)ccc2cccnc12)c1ccccc1.O=S(=O)(Nc1ccc(F)c2cccnc12)c1ccccc1. The second-order valence-electron chi connectivity index (χ2n) is 29.0. The number of aromatic nitrogens is 6. The molecule has 0 radical (unpaired) electrons. The minimum atomic E-state index is -3.73. The molecule has 0 aliphatic rings. The molecule has 0 spiro atoms. The molecule has 0 saturated heterocycles. The van der Waals surface area contributed by atoms with Crippen molar-refractivity contribution in [3.05, 3.63) is 391 Å². The van der Waals surface area contributed by atoms with Gasteiger partial charge >= 0.3 is 0 Å². The Morgan fingerprint density at radius 1 is 0.321 bits per heavy atom. The summed E-state index contributed by atoms with van der Waals surface area (Å²) in [6, 6.07) is 89.8. The predicted octanol–water partition coefficient (Wildman–Crippen LogP) is 21.7. The van der Waals surface area contributed by atoms with E-state index < -0.39 is 66.0 Å². The summed E-state index contributed by atoms with van der Waals surface area (Å²) in [5.74, 6) is 0.154. The van der Waals surface area contributed by atoms with Crippen molar-refractivity contribution >= 4 is 183 Å². The summed E-state index contributed by atoms with van der Waals surface area (Å²) in [7, 11) is -20.6. The van der Waals surface area contributed by atoms with Crippen LogP contribution in [0.15, 0.2) is 388 Å². The van der Waals surface area contributed by atoms with Crippen LogP contribution in [0, 0.1) is 12.7 Å². The molecule has 34 heteroatoms. The van der Waals surface area contributed by atoms with E-state index in [1.54, 1.807) is 231 Å². The van der Waals surface area contributed by atoms with E-state index in [0.29, 0.717) is 71.8 Å². The van der Waals surface area contributed by atoms with E-state index in [2.05, 4.69) is 58.2 Å². The molecule has 25 nitrogen and oxygen atoms in total. The van der Waals surface area contributed by atoms with E-state index in [1.807, 2.05) is 100 Å². The maximum Gasteiger partial charge on any atom is 0.262 e. The molecule has 0 aliphatic heterocycles. The van der Waals surface area contributed by atoms with Gasteiger partial charge in [0.15, 0.2) is 0 Å². The maximum absolute atomic E-state index is 13.7. The lowest BCUT2D eigenvalue weighted by atomic mass is 9.99. The van der Waals surface area contributed by atoms with Gasteiger partial charge < -0.3 is 4.74 Å². The topological polar surface area (TPSA) is 364 Å². The molecule has 6 heterocycles. The van der Waals surface area contributed by atoms with Gasteiger partial charge in [-0.3, -0.25) is 58.2 Å². The number of nitrogens with zero attached hydrogens (tertiary/aromatic N) is 6. The molecule has 18 rings (SSSR count). The quantitative estimate of drug-likeness (QED) is 0.0389. The fraction of sp³-hybridized carbons (Fsp3) is 0.0722. The third kappa shape index (κ3) is 23.1. The molecule has 6 aromatic heterocycles. The van der Waals surface area contributed by atoms with Crippen LogP contribution in [0.5, 0.6) is 5.75 Å². The zero-order chi connectivity index (χ0) is 93.1. The first kappa shape index (κ1) is 94.5. The van der Waals surface area contributed by atoms with Gasteiger partial charge in [0.2, 0.25) is 0 Å². The Labute approximate surface area is 768 Å². The van der Waals surface area contributed by atoms with E-state index >= 15 is 0 Å². The summed E-state index contributed by atoms with van der Waals surface area (Å²) in [5, 5.41) is 5.32. The van der Waals surface area contributed by atoms with Gasteiger partial charge in [-0.15, -0.1) is 0 Å². The standard InChI is InChI=1S/C18H18N2O2S.C17H16N2O2S.C16H13ClN2O2S.C16H14N2O3S.C15H11ClN2O2S.C15H11FN2O2S/c1-13(2)16-11-10-14-7-6-12-19-17(14)18(16)20-23(21,22)15-8-4-3-5-9-15;1-2-13-10-11-14-7-6-12-18-16(14)17(13)19-22(20,21)15-8-4-3-5-9-15;1-11-10-14(16-13(15(11)17)8-5-9-18-16)19-22(20,21)12-6-3-2-4-7-12;1-21-14-10-9-12-6-5-11-17-15(12)16(14)18-22(19,20)13-7-3-2-4-8-13;16-13-9-8-11-5-4-10-17-14(11)15(13)18-21(19,20)12-6-2-1-3-7-12;16-13-8-9-14(15-12(13)7-4-10-17-15)18-21(19,20)11-5-2-1-3-6-11/h3-13,20H,1-2H3;3-12,19H,2H2,1H3;2-10,19H,1H3;2-11,18H,1H3;2*1-10,18H. The fourth-order valence-corrected chi connectivity index (χ4v) is 20.5. The number of aryl methyl sites for hydroxylation is 2. The molecular formula is C97H83Cl2FN12O13S6. The zero-order valence-corrected chi connectivity index (χ0v) is 76.8. The fourth-order valence-electron chi connectivity index (χ4n) is 13.4. The number of fused-ring (bicyclic) bond motifs is 6. The summed E-state index contributed by atoms with van der Waals surface area (Å²) < 4.78 is 184. The number of nitrogens with one attached hydrogen (secondary N) is 6. The lowest BCUT2D eigenvalue weighted by Gasteiger charge is -2.17. The van der Waals surface area contributed by atoms with Gasteiger partial charge in [0, 0.05) is 69.5 Å². The minimum absolute atomic E-state index is 0.137. The summed E-state index contributed by atoms with van der Waals surface area (Å²) in [6.07, 6.45) is 10.4. The van der Waals surface area contributed by atoms with Crippen molar-refractivity contribution in [2.24, 2.45) is 0 Å². The van der Waals surface area contributed by atoms with E-state index in [4.69, 9.17) is 27.9 Å². The Kier molecular flexibility index (Phi) is 30.3. The third-order valence-electron chi connectivity index (χ3n) is 19.8. The molecule has 0 fully saturated rings. The van der Waals surface area contributed by atoms with E-state index in [0.717, 1.165) is 50.0 Å². The number of sulfonamides is 6. The monoisotopic (exact) mass is 1900 g/mol. The van der Waals surface area contributed by atoms with Crippen LogP contribution in [0.1, 0.15) is 43.4 Å². The minimum Gasteiger partial charge on any atom is -0.494 e. The summed E-state index contributed by atoms with van der Waals surface area (Å²) >= 11 is 12.4. The second kappa shape index (κ2) is 42.0. The summed E-state index contributed by atoms with van der Waals surface area (Å²) in [4.78, 5) is 26.7. The molecule has 666 valence electrons. The van der Waals surface area contributed by atoms with Crippen LogP contribution in [-0.4, -0.2) is 87.5 Å². The van der Waals surface area contributed by atoms with Gasteiger partial charge in [-0.05, 0) is 194 Å². The van der Waals surface area contributed by atoms with Crippen LogP contribution in [-0.2, 0) is 66.6 Å². The number of pyridine rings is 6. The Morgan fingerprint density at radius 3 is 1.04 bits per heavy atom. The molecule has 0 bridgehead atoms. The van der Waals surface area contributed by atoms with Crippen LogP contribution in [0.2, 0.25) is 10.0 Å². The van der Waals surface area contributed by atoms with Crippen LogP contribution < -0.4 is 33.1 Å². The molecule has 0 unspecified atom stereocenters. The average molecular weight is 1910 g/mol. The molecule has 0 aliphatic carbocycles. The Morgan fingerprint density at radius 2 is 0.634 bits per heavy atom. The third-order valence-corrected chi connectivity index (χ3v) is 28.9. The maximum atomic E-state index is 13.7. The van der Waals surface area contributed by atoms with Crippen molar-refractivity contribution in [1.29, 1.82) is 0 Å². The molecule has 0 atom stereocenters. The first-order valence-electron chi connectivity index (χ1n) is 40.1. The van der Waals surface area contributed by atoms with Crippen LogP contribution in [0.3, 0.4) is 0 Å². The van der Waals surface area contributed by atoms with Gasteiger partial charge in [0.05, 0.1) is 108 Å². The number of halogens is 3. The normalized spacial score (nSPS) is 11.5. The first-order chi connectivity index (χ1) is 62.9. The number of anilines is 6. The van der Waals surface area contributed by atoms with E-state index in [9.17, 15) is 54.9 Å². The lowest BCUT2D eigenvalue weighted by Crippen LogP contribution is -2.15. The van der Waals surface area contributed by atoms with Crippen molar-refractivity contribution in [3.63, 3.8) is 0 Å². The zero-order valence-electron chi connectivity index (χ0n) is 70.4. The van der Waals surface area contributed by atoms with Crippen molar-refractivity contribution in [2.75, 3.05) is 35.4 Å². The van der Waals surface area contributed by atoms with Crippen molar-refractivity contribution in [1.82, 2.24) is 29.9 Å². The molecule has 18 aromatic rings. The summed E-state index contributed by atoms with van der Waals surface area (Å²) in [6.45, 7) is 7.88. The van der Waals surface area contributed by atoms with Gasteiger partial charge in [-0.25, -0.2) is 54.9 Å². The van der Waals surface area contributed by atoms with Crippen LogP contribution >= 0.6 is 23.2 Å². The van der Waals surface area contributed by atoms with E-state index in [-0.39, 0.29) is 51.9 Å². The van der Waals surface area contributed by atoms with Crippen LogP contribution in [0.4, 0.5) is 38.5 Å². The highest BCUT2D eigenvalue weighted by Gasteiger charge is 2.26. The lowest BCUT2D eigenvalue weighted by molar-refractivity contribution is 0.417. The largest absolute Gasteiger partial charge is 0.494 e. The van der Waals surface area contributed by atoms with Gasteiger partial charge in [-0.1, -0.05) is 208 Å². The predicted molar refractivity (Wildman–Crippen MR) is 519 cm³/mol. The number of hydrogen-bond acceptors (Lipinski definition) is 19. The van der Waals surface area contributed by atoms with Gasteiger partial charge in [0.1, 0.15) is 17.3 Å². The van der Waals surface area contributed by atoms with Crippen molar-refractivity contribution in [2.45, 2.75) is 69.4 Å². The van der Waals surface area contributed by atoms with Crippen molar-refractivity contribution < 1.29 is 59.6 Å². The smallest absolute Gasteiger partial charge is 0.262 e. The number of rotatable bonds is 21. The first-order valence-corrected chi connectivity index (χ1v) is 49.8. The van der Waals surface area contributed by atoms with Gasteiger partial charge in [-0.2, -0.15) is 0 Å². The van der Waals surface area contributed by atoms with Crippen LogP contribution in [0.25, 0.3) is 65.4 Å². The number of methoxy groups -OCH3 is 1. The highest BCUT2D eigenvalue weighted by atomic mass is 35.5. The average Bonchev–Trinajstić information content (AvgIpc) is 0.800. The van der Waals surface area contributed by atoms with Gasteiger partial charge in [0.25, 0.3) is 60.1 Å². The second-order valence-corrected chi connectivity index (χ2v) is 39.8. The number of ether oxygens (including phenoxy) is 1. The molecule has 6 N–H and O–H groups in total. The Hall–Kier alpha value is -14.1. The highest BCUT2D eigenvalue weighted by Crippen LogP contribution is 2.39. The molecule has 0 amide bonds. The Bertz CT molecular complexity index is 7740. The van der Waals surface area contributed by atoms with E-state index in [1.165, 1.54) is 61.8 Å².